The lowest BCUT2D eigenvalue weighted by Gasteiger charge is -2.34. The van der Waals surface area contributed by atoms with Gasteiger partial charge in [0.15, 0.2) is 0 Å². The topological polar surface area (TPSA) is 59.3 Å². The monoisotopic (exact) mass is 512 g/mol. The lowest BCUT2D eigenvalue weighted by atomic mass is 10.1. The Hall–Kier alpha value is -3.84. The molecule has 0 saturated carbocycles. The summed E-state index contributed by atoms with van der Waals surface area (Å²) >= 11 is 0. The minimum Gasteiger partial charge on any atom is -0.497 e. The van der Waals surface area contributed by atoms with E-state index < -0.39 is 0 Å². The molecule has 7 heteroatoms. The molecule has 0 N–H and O–H groups in total. The predicted molar refractivity (Wildman–Crippen MR) is 151 cm³/mol. The maximum Gasteiger partial charge on any atom is 0.223 e. The van der Waals surface area contributed by atoms with Crippen molar-refractivity contribution in [1.29, 1.82) is 0 Å². The van der Waals surface area contributed by atoms with Gasteiger partial charge in [0, 0.05) is 44.4 Å². The molecule has 0 radical (unpaired) electrons. The van der Waals surface area contributed by atoms with Gasteiger partial charge in [0.1, 0.15) is 17.1 Å². The summed E-state index contributed by atoms with van der Waals surface area (Å²) in [4.78, 5) is 22.6. The molecule has 3 heterocycles. The Kier molecular flexibility index (Phi) is 7.94. The standard InChI is InChI=1S/C31H36N4O3/c1-4-33-17-19-34(20-18-33)30(36)16-14-28-31(23-9-12-26(37-3)13-10-23)32-29-15-11-25(22-35(28)29)24-7-6-8-27(21-24)38-5-2/h6-13,15,21-22H,4-5,14,16-20H2,1-3H3. The van der Waals surface area contributed by atoms with Crippen molar-refractivity contribution in [2.24, 2.45) is 0 Å². The van der Waals surface area contributed by atoms with E-state index in [1.807, 2.05) is 54.3 Å². The number of carbonyl (C=O) groups excluding carboxylic acids is 1. The second-order valence-corrected chi connectivity index (χ2v) is 9.56. The van der Waals surface area contributed by atoms with Gasteiger partial charge in [-0.25, -0.2) is 4.98 Å². The predicted octanol–water partition coefficient (Wildman–Crippen LogP) is 5.17. The number of piperazine rings is 1. The molecule has 4 aromatic rings. The van der Waals surface area contributed by atoms with Crippen molar-refractivity contribution >= 4 is 11.6 Å². The van der Waals surface area contributed by atoms with Crippen LogP contribution in [-0.4, -0.2) is 71.5 Å². The third-order valence-corrected chi connectivity index (χ3v) is 7.31. The molecular formula is C31H36N4O3. The highest BCUT2D eigenvalue weighted by atomic mass is 16.5. The first-order chi connectivity index (χ1) is 18.6. The van der Waals surface area contributed by atoms with Crippen molar-refractivity contribution in [1.82, 2.24) is 19.2 Å². The van der Waals surface area contributed by atoms with E-state index in [1.165, 1.54) is 0 Å². The van der Waals surface area contributed by atoms with E-state index in [9.17, 15) is 4.79 Å². The van der Waals surface area contributed by atoms with E-state index in [0.717, 1.165) is 77.9 Å². The molecule has 1 fully saturated rings. The van der Waals surface area contributed by atoms with Crippen LogP contribution in [0.15, 0.2) is 66.9 Å². The molecule has 38 heavy (non-hydrogen) atoms. The van der Waals surface area contributed by atoms with Crippen LogP contribution in [0, 0.1) is 0 Å². The van der Waals surface area contributed by atoms with Gasteiger partial charge < -0.3 is 23.7 Å². The lowest BCUT2D eigenvalue weighted by molar-refractivity contribution is -0.132. The summed E-state index contributed by atoms with van der Waals surface area (Å²) in [5, 5.41) is 0. The summed E-state index contributed by atoms with van der Waals surface area (Å²) < 4.78 is 13.2. The molecule has 0 bridgehead atoms. The smallest absolute Gasteiger partial charge is 0.223 e. The maximum atomic E-state index is 13.2. The number of aryl methyl sites for hydroxylation is 1. The van der Waals surface area contributed by atoms with Crippen molar-refractivity contribution in [3.8, 4) is 33.9 Å². The molecule has 1 aliphatic heterocycles. The van der Waals surface area contributed by atoms with Gasteiger partial charge in [-0.1, -0.05) is 19.1 Å². The average Bonchev–Trinajstić information content (AvgIpc) is 3.34. The second kappa shape index (κ2) is 11.7. The second-order valence-electron chi connectivity index (χ2n) is 9.56. The van der Waals surface area contributed by atoms with Crippen molar-refractivity contribution in [3.05, 3.63) is 72.6 Å². The number of imidazole rings is 1. The molecule has 198 valence electrons. The van der Waals surface area contributed by atoms with Gasteiger partial charge in [-0.2, -0.15) is 0 Å². The number of methoxy groups -OCH3 is 1. The van der Waals surface area contributed by atoms with E-state index >= 15 is 0 Å². The van der Waals surface area contributed by atoms with Crippen LogP contribution < -0.4 is 9.47 Å². The van der Waals surface area contributed by atoms with Gasteiger partial charge in [-0.15, -0.1) is 0 Å². The molecule has 1 saturated heterocycles. The third-order valence-electron chi connectivity index (χ3n) is 7.31. The third kappa shape index (κ3) is 5.53. The summed E-state index contributed by atoms with van der Waals surface area (Å²) in [6, 6.07) is 20.2. The zero-order chi connectivity index (χ0) is 26.5. The van der Waals surface area contributed by atoms with E-state index in [4.69, 9.17) is 14.5 Å². The van der Waals surface area contributed by atoms with Crippen LogP contribution in [0.3, 0.4) is 0 Å². The molecule has 0 aliphatic carbocycles. The average molecular weight is 513 g/mol. The first kappa shape index (κ1) is 25.8. The van der Waals surface area contributed by atoms with Crippen LogP contribution in [0.5, 0.6) is 11.5 Å². The summed E-state index contributed by atoms with van der Waals surface area (Å²) in [6.45, 7) is 9.30. The highest BCUT2D eigenvalue weighted by Crippen LogP contribution is 2.30. The first-order valence-electron chi connectivity index (χ1n) is 13.5. The minimum atomic E-state index is 0.206. The number of carbonyl (C=O) groups is 1. The van der Waals surface area contributed by atoms with Crippen LogP contribution in [0.25, 0.3) is 28.0 Å². The lowest BCUT2D eigenvalue weighted by Crippen LogP contribution is -2.48. The van der Waals surface area contributed by atoms with Gasteiger partial charge in [0.2, 0.25) is 5.91 Å². The number of fused-ring (bicyclic) bond motifs is 1. The van der Waals surface area contributed by atoms with Gasteiger partial charge in [0.05, 0.1) is 25.1 Å². The zero-order valence-corrected chi connectivity index (χ0v) is 22.5. The maximum absolute atomic E-state index is 13.2. The Labute approximate surface area is 224 Å². The molecule has 2 aromatic carbocycles. The quantitative estimate of drug-likeness (QED) is 0.310. The number of rotatable bonds is 9. The molecule has 1 aliphatic rings. The summed E-state index contributed by atoms with van der Waals surface area (Å²) in [7, 11) is 1.67. The molecule has 0 atom stereocenters. The molecule has 2 aromatic heterocycles. The number of hydrogen-bond acceptors (Lipinski definition) is 5. The zero-order valence-electron chi connectivity index (χ0n) is 22.5. The fourth-order valence-electron chi connectivity index (χ4n) is 5.11. The van der Waals surface area contributed by atoms with E-state index in [0.29, 0.717) is 19.4 Å². The number of likely N-dealkylation sites (N-methyl/N-ethyl adjacent to an activating group) is 1. The van der Waals surface area contributed by atoms with Gasteiger partial charge in [-0.05, 0) is 79.5 Å². The molecule has 0 spiro atoms. The van der Waals surface area contributed by atoms with Crippen molar-refractivity contribution in [2.45, 2.75) is 26.7 Å². The van der Waals surface area contributed by atoms with Gasteiger partial charge in [-0.3, -0.25) is 4.79 Å². The number of aromatic nitrogens is 2. The highest BCUT2D eigenvalue weighted by Gasteiger charge is 2.22. The van der Waals surface area contributed by atoms with Gasteiger partial charge in [0.25, 0.3) is 0 Å². The number of benzene rings is 2. The Balaban J connectivity index is 1.48. The minimum absolute atomic E-state index is 0.206. The largest absolute Gasteiger partial charge is 0.497 e. The number of nitrogens with zero attached hydrogens (tertiary/aromatic N) is 4. The van der Waals surface area contributed by atoms with Crippen molar-refractivity contribution < 1.29 is 14.3 Å². The van der Waals surface area contributed by atoms with Crippen LogP contribution in [0.2, 0.25) is 0 Å². The number of pyridine rings is 1. The number of hydrogen-bond donors (Lipinski definition) is 0. The van der Waals surface area contributed by atoms with Crippen LogP contribution in [-0.2, 0) is 11.2 Å². The van der Waals surface area contributed by atoms with Crippen LogP contribution >= 0.6 is 0 Å². The molecule has 5 rings (SSSR count). The summed E-state index contributed by atoms with van der Waals surface area (Å²) in [5.41, 5.74) is 5.95. The summed E-state index contributed by atoms with van der Waals surface area (Å²) in [6.07, 6.45) is 3.19. The van der Waals surface area contributed by atoms with Crippen LogP contribution in [0.4, 0.5) is 0 Å². The van der Waals surface area contributed by atoms with Crippen molar-refractivity contribution in [3.63, 3.8) is 0 Å². The fraction of sp³-hybridized carbons (Fsp3) is 0.355. The number of amides is 1. The molecule has 1 amide bonds. The summed E-state index contributed by atoms with van der Waals surface area (Å²) in [5.74, 6) is 1.86. The fourth-order valence-corrected chi connectivity index (χ4v) is 5.11. The normalized spacial score (nSPS) is 14.1. The highest BCUT2D eigenvalue weighted by molar-refractivity contribution is 5.77. The first-order valence-corrected chi connectivity index (χ1v) is 13.5. The van der Waals surface area contributed by atoms with E-state index in [-0.39, 0.29) is 5.91 Å². The Bertz CT molecular complexity index is 1390. The van der Waals surface area contributed by atoms with Crippen molar-refractivity contribution in [2.75, 3.05) is 46.4 Å². The molecule has 0 unspecified atom stereocenters. The number of ether oxygens (including phenoxy) is 2. The van der Waals surface area contributed by atoms with E-state index in [1.54, 1.807) is 7.11 Å². The SMILES string of the molecule is CCOc1cccc(-c2ccc3nc(-c4ccc(OC)cc4)c(CCC(=O)N4CCN(CC)CC4)n3c2)c1. The van der Waals surface area contributed by atoms with Gasteiger partial charge >= 0.3 is 0 Å². The Morgan fingerprint density at radius 3 is 2.37 bits per heavy atom. The Morgan fingerprint density at radius 1 is 0.895 bits per heavy atom. The Morgan fingerprint density at radius 2 is 1.66 bits per heavy atom. The molecule has 7 nitrogen and oxygen atoms in total. The van der Waals surface area contributed by atoms with Crippen LogP contribution in [0.1, 0.15) is 26.0 Å². The van der Waals surface area contributed by atoms with E-state index in [2.05, 4.69) is 40.6 Å². The molecular weight excluding hydrogens is 476 g/mol.